The molecule has 1 rings (SSSR count). The van der Waals surface area contributed by atoms with Gasteiger partial charge in [-0.2, -0.15) is 0 Å². The Balaban J connectivity index is 2.50. The van der Waals surface area contributed by atoms with E-state index in [1.165, 1.54) is 6.92 Å². The molecule has 0 spiro atoms. The van der Waals surface area contributed by atoms with Crippen molar-refractivity contribution in [3.05, 3.63) is 29.8 Å². The molecule has 0 atom stereocenters. The predicted octanol–water partition coefficient (Wildman–Crippen LogP) is 2.07. The fraction of sp³-hybridized carbons (Fsp3) is 0.500. The minimum Gasteiger partial charge on any atom is -0.426 e. The van der Waals surface area contributed by atoms with E-state index in [-0.39, 0.29) is 5.91 Å². The topological polar surface area (TPSA) is 58.6 Å². The van der Waals surface area contributed by atoms with Gasteiger partial charge in [0, 0.05) is 13.5 Å². The van der Waals surface area contributed by atoms with Crippen LogP contribution in [0.25, 0.3) is 0 Å². The van der Waals surface area contributed by atoms with E-state index in [9.17, 15) is 9.59 Å². The number of carbonyl (C=O) groups excluding carboxylic acids is 2. The monoisotopic (exact) mass is 292 g/mol. The second kappa shape index (κ2) is 9.13. The molecule has 21 heavy (non-hydrogen) atoms. The Morgan fingerprint density at radius 3 is 2.48 bits per heavy atom. The van der Waals surface area contributed by atoms with E-state index in [1.807, 2.05) is 0 Å². The Bertz CT molecular complexity index is 470. The van der Waals surface area contributed by atoms with Crippen molar-refractivity contribution in [1.82, 2.24) is 10.2 Å². The first-order valence-electron chi connectivity index (χ1n) is 7.36. The molecule has 0 aliphatic heterocycles. The van der Waals surface area contributed by atoms with Gasteiger partial charge in [0.25, 0.3) is 5.91 Å². The summed E-state index contributed by atoms with van der Waals surface area (Å²) in [7, 11) is 0. The first kappa shape index (κ1) is 17.2. The van der Waals surface area contributed by atoms with Gasteiger partial charge in [-0.1, -0.05) is 26.0 Å². The summed E-state index contributed by atoms with van der Waals surface area (Å²) in [6.45, 7) is 9.15. The van der Waals surface area contributed by atoms with Gasteiger partial charge >= 0.3 is 5.97 Å². The van der Waals surface area contributed by atoms with Crippen molar-refractivity contribution in [1.29, 1.82) is 0 Å². The number of benzene rings is 1. The second-order valence-corrected chi connectivity index (χ2v) is 4.73. The van der Waals surface area contributed by atoms with Gasteiger partial charge < -0.3 is 15.0 Å². The molecule has 1 aromatic carbocycles. The third-order valence-corrected chi connectivity index (χ3v) is 3.22. The summed E-state index contributed by atoms with van der Waals surface area (Å²) in [5, 5.41) is 2.86. The van der Waals surface area contributed by atoms with E-state index >= 15 is 0 Å². The van der Waals surface area contributed by atoms with Gasteiger partial charge in [0.05, 0.1) is 5.56 Å². The maximum atomic E-state index is 12.1. The minimum absolute atomic E-state index is 0.216. The highest BCUT2D eigenvalue weighted by molar-refractivity contribution is 5.97. The average Bonchev–Trinajstić information content (AvgIpc) is 2.47. The fourth-order valence-electron chi connectivity index (χ4n) is 2.04. The average molecular weight is 292 g/mol. The lowest BCUT2D eigenvalue weighted by molar-refractivity contribution is -0.131. The summed E-state index contributed by atoms with van der Waals surface area (Å²) in [6.07, 6.45) is 0.892. The number of hydrogen-bond acceptors (Lipinski definition) is 4. The molecule has 116 valence electrons. The van der Waals surface area contributed by atoms with Crippen LogP contribution < -0.4 is 10.1 Å². The van der Waals surface area contributed by atoms with E-state index in [1.54, 1.807) is 24.3 Å². The molecule has 0 aromatic heterocycles. The van der Waals surface area contributed by atoms with Crippen LogP contribution in [0.15, 0.2) is 24.3 Å². The third kappa shape index (κ3) is 5.95. The summed E-state index contributed by atoms with van der Waals surface area (Å²) in [6, 6.07) is 6.75. The zero-order valence-corrected chi connectivity index (χ0v) is 13.0. The Morgan fingerprint density at radius 2 is 1.86 bits per heavy atom. The van der Waals surface area contributed by atoms with Gasteiger partial charge in [-0.25, -0.2) is 0 Å². The maximum absolute atomic E-state index is 12.1. The van der Waals surface area contributed by atoms with E-state index in [0.717, 1.165) is 26.1 Å². The van der Waals surface area contributed by atoms with Gasteiger partial charge in [-0.15, -0.1) is 0 Å². The summed E-state index contributed by atoms with van der Waals surface area (Å²) < 4.78 is 5.04. The lowest BCUT2D eigenvalue weighted by Gasteiger charge is -2.17. The molecule has 5 heteroatoms. The van der Waals surface area contributed by atoms with E-state index in [0.29, 0.717) is 17.9 Å². The highest BCUT2D eigenvalue weighted by Crippen LogP contribution is 2.17. The van der Waals surface area contributed by atoms with Crippen LogP contribution in [0.1, 0.15) is 37.6 Å². The number of hydrogen-bond donors (Lipinski definition) is 1. The standard InChI is InChI=1S/C16H24N2O3/c1-4-18(5-2)12-8-11-17-16(20)14-9-6-7-10-15(14)21-13(3)19/h6-7,9-10H,4-5,8,11-12H2,1-3H3,(H,17,20). The number of para-hydroxylation sites is 1. The molecular weight excluding hydrogens is 268 g/mol. The van der Waals surface area contributed by atoms with Crippen LogP contribution in [0.5, 0.6) is 5.75 Å². The van der Waals surface area contributed by atoms with Gasteiger partial charge in [-0.3, -0.25) is 9.59 Å². The van der Waals surface area contributed by atoms with Crippen LogP contribution in [0.2, 0.25) is 0 Å². The summed E-state index contributed by atoms with van der Waals surface area (Å²) in [4.78, 5) is 25.4. The lowest BCUT2D eigenvalue weighted by Crippen LogP contribution is -2.30. The highest BCUT2D eigenvalue weighted by Gasteiger charge is 2.12. The predicted molar refractivity (Wildman–Crippen MR) is 82.5 cm³/mol. The van der Waals surface area contributed by atoms with Crippen molar-refractivity contribution >= 4 is 11.9 Å². The van der Waals surface area contributed by atoms with Crippen molar-refractivity contribution in [3.8, 4) is 5.75 Å². The first-order valence-corrected chi connectivity index (χ1v) is 7.36. The van der Waals surface area contributed by atoms with Crippen LogP contribution in [-0.2, 0) is 4.79 Å². The van der Waals surface area contributed by atoms with Crippen LogP contribution >= 0.6 is 0 Å². The van der Waals surface area contributed by atoms with Crippen molar-refractivity contribution in [3.63, 3.8) is 0 Å². The number of rotatable bonds is 8. The van der Waals surface area contributed by atoms with Gasteiger partial charge in [0.2, 0.25) is 0 Å². The molecule has 0 aliphatic carbocycles. The maximum Gasteiger partial charge on any atom is 0.308 e. The number of nitrogens with zero attached hydrogens (tertiary/aromatic N) is 1. The van der Waals surface area contributed by atoms with Crippen LogP contribution in [0, 0.1) is 0 Å². The largest absolute Gasteiger partial charge is 0.426 e. The third-order valence-electron chi connectivity index (χ3n) is 3.22. The lowest BCUT2D eigenvalue weighted by atomic mass is 10.2. The van der Waals surface area contributed by atoms with Gasteiger partial charge in [0.15, 0.2) is 0 Å². The number of esters is 1. The quantitative estimate of drug-likeness (QED) is 0.453. The normalized spacial score (nSPS) is 10.5. The molecule has 1 amide bonds. The molecule has 1 N–H and O–H groups in total. The SMILES string of the molecule is CCN(CC)CCCNC(=O)c1ccccc1OC(C)=O. The summed E-state index contributed by atoms with van der Waals surface area (Å²) in [5.74, 6) is -0.352. The summed E-state index contributed by atoms with van der Waals surface area (Å²) >= 11 is 0. The van der Waals surface area contributed by atoms with Crippen molar-refractivity contribution in [2.75, 3.05) is 26.2 Å². The smallest absolute Gasteiger partial charge is 0.308 e. The Morgan fingerprint density at radius 1 is 1.19 bits per heavy atom. The fourth-order valence-corrected chi connectivity index (χ4v) is 2.04. The Kier molecular flexibility index (Phi) is 7.46. The number of carbonyl (C=O) groups is 2. The first-order chi connectivity index (χ1) is 10.1. The van der Waals surface area contributed by atoms with E-state index in [2.05, 4.69) is 24.1 Å². The van der Waals surface area contributed by atoms with Gasteiger partial charge in [0.1, 0.15) is 5.75 Å². The molecular formula is C16H24N2O3. The molecule has 0 radical (unpaired) electrons. The van der Waals surface area contributed by atoms with Gasteiger partial charge in [-0.05, 0) is 38.2 Å². The zero-order chi connectivity index (χ0) is 15.7. The summed E-state index contributed by atoms with van der Waals surface area (Å²) in [5.41, 5.74) is 0.385. The zero-order valence-electron chi connectivity index (χ0n) is 13.0. The molecule has 1 aromatic rings. The molecule has 0 saturated carbocycles. The number of ether oxygens (including phenoxy) is 1. The molecule has 0 bridgehead atoms. The number of amides is 1. The molecule has 5 nitrogen and oxygen atoms in total. The molecule has 0 heterocycles. The Hall–Kier alpha value is -1.88. The molecule has 0 aliphatic rings. The molecule has 0 unspecified atom stereocenters. The molecule has 0 saturated heterocycles. The van der Waals surface area contributed by atoms with E-state index < -0.39 is 5.97 Å². The minimum atomic E-state index is -0.434. The second-order valence-electron chi connectivity index (χ2n) is 4.73. The highest BCUT2D eigenvalue weighted by atomic mass is 16.5. The Labute approximate surface area is 126 Å². The van der Waals surface area contributed by atoms with E-state index in [4.69, 9.17) is 4.74 Å². The van der Waals surface area contributed by atoms with Crippen molar-refractivity contribution in [2.24, 2.45) is 0 Å². The van der Waals surface area contributed by atoms with Crippen molar-refractivity contribution in [2.45, 2.75) is 27.2 Å². The van der Waals surface area contributed by atoms with Crippen LogP contribution in [0.4, 0.5) is 0 Å². The van der Waals surface area contributed by atoms with Crippen LogP contribution in [-0.4, -0.2) is 43.0 Å². The number of nitrogens with one attached hydrogen (secondary N) is 1. The van der Waals surface area contributed by atoms with Crippen LogP contribution in [0.3, 0.4) is 0 Å². The van der Waals surface area contributed by atoms with Crippen molar-refractivity contribution < 1.29 is 14.3 Å². The molecule has 0 fully saturated rings.